The van der Waals surface area contributed by atoms with Crippen LogP contribution in [0, 0.1) is 6.92 Å². The second kappa shape index (κ2) is 3.09. The van der Waals surface area contributed by atoms with Gasteiger partial charge >= 0.3 is 0 Å². The third-order valence-electron chi connectivity index (χ3n) is 1.44. The van der Waals surface area contributed by atoms with Gasteiger partial charge in [0.1, 0.15) is 5.75 Å². The number of benzene rings is 1. The molecule has 1 N–H and O–H groups in total. The van der Waals surface area contributed by atoms with E-state index >= 15 is 0 Å². The standard InChI is InChI=1S/C10H10O/c1-3-4-9-7-8(2)5-6-10(9)11/h4-7,11H,1H2,2H3. The molecule has 0 spiro atoms. The zero-order chi connectivity index (χ0) is 8.27. The molecule has 0 amide bonds. The van der Waals surface area contributed by atoms with Crippen molar-refractivity contribution in [2.75, 3.05) is 0 Å². The van der Waals surface area contributed by atoms with Gasteiger partial charge in [0.2, 0.25) is 0 Å². The number of phenols is 1. The molecule has 1 aromatic rings. The van der Waals surface area contributed by atoms with Crippen LogP contribution in [0.1, 0.15) is 11.1 Å². The van der Waals surface area contributed by atoms with Gasteiger partial charge in [0.15, 0.2) is 0 Å². The van der Waals surface area contributed by atoms with E-state index in [9.17, 15) is 5.11 Å². The van der Waals surface area contributed by atoms with E-state index in [1.807, 2.05) is 19.1 Å². The van der Waals surface area contributed by atoms with Gasteiger partial charge in [0.25, 0.3) is 0 Å². The second-order valence-corrected chi connectivity index (χ2v) is 2.41. The minimum Gasteiger partial charge on any atom is -0.507 e. The van der Waals surface area contributed by atoms with Crippen molar-refractivity contribution in [1.82, 2.24) is 0 Å². The minimum atomic E-state index is 0.270. The summed E-state index contributed by atoms with van der Waals surface area (Å²) in [5.41, 5.74) is 4.50. The molecule has 0 radical (unpaired) electrons. The van der Waals surface area contributed by atoms with E-state index in [0.29, 0.717) is 0 Å². The molecule has 0 unspecified atom stereocenters. The molecule has 0 atom stereocenters. The molecule has 0 aromatic heterocycles. The highest BCUT2D eigenvalue weighted by molar-refractivity contribution is 5.56. The maximum absolute atomic E-state index is 9.27. The Morgan fingerprint density at radius 1 is 1.55 bits per heavy atom. The first-order valence-electron chi connectivity index (χ1n) is 3.39. The molecular formula is C10H10O. The number of rotatable bonds is 1. The summed E-state index contributed by atoms with van der Waals surface area (Å²) in [7, 11) is 0. The van der Waals surface area contributed by atoms with Crippen LogP contribution in [0.2, 0.25) is 0 Å². The average molecular weight is 146 g/mol. The first kappa shape index (κ1) is 7.64. The number of aryl methyl sites for hydroxylation is 1. The number of phenolic OH excluding ortho intramolecular Hbond substituents is 1. The van der Waals surface area contributed by atoms with Crippen LogP contribution in [-0.2, 0) is 0 Å². The first-order chi connectivity index (χ1) is 5.24. The van der Waals surface area contributed by atoms with Crippen LogP contribution >= 0.6 is 0 Å². The Balaban J connectivity index is 3.22. The topological polar surface area (TPSA) is 20.2 Å². The van der Waals surface area contributed by atoms with Gasteiger partial charge in [-0.25, -0.2) is 0 Å². The fraction of sp³-hybridized carbons (Fsp3) is 0.100. The van der Waals surface area contributed by atoms with E-state index in [0.717, 1.165) is 11.1 Å². The Labute approximate surface area is 66.3 Å². The summed E-state index contributed by atoms with van der Waals surface area (Å²) < 4.78 is 0. The van der Waals surface area contributed by atoms with Crippen molar-refractivity contribution < 1.29 is 5.11 Å². The molecular weight excluding hydrogens is 136 g/mol. The van der Waals surface area contributed by atoms with Gasteiger partial charge in [-0.1, -0.05) is 18.2 Å². The van der Waals surface area contributed by atoms with Crippen molar-refractivity contribution in [3.63, 3.8) is 0 Å². The van der Waals surface area contributed by atoms with Crippen molar-refractivity contribution in [3.05, 3.63) is 41.6 Å². The Kier molecular flexibility index (Phi) is 2.15. The summed E-state index contributed by atoms with van der Waals surface area (Å²) in [6.45, 7) is 5.41. The summed E-state index contributed by atoms with van der Waals surface area (Å²) in [5, 5.41) is 9.27. The largest absolute Gasteiger partial charge is 0.507 e. The van der Waals surface area contributed by atoms with Gasteiger partial charge in [0, 0.05) is 5.56 Å². The molecule has 0 aliphatic rings. The van der Waals surface area contributed by atoms with E-state index in [-0.39, 0.29) is 5.75 Å². The van der Waals surface area contributed by atoms with E-state index in [2.05, 4.69) is 12.3 Å². The van der Waals surface area contributed by atoms with E-state index in [1.165, 1.54) is 0 Å². The normalized spacial score (nSPS) is 8.82. The summed E-state index contributed by atoms with van der Waals surface area (Å²) in [6.07, 6.45) is 1.66. The number of hydrogen-bond donors (Lipinski definition) is 1. The lowest BCUT2D eigenvalue weighted by Crippen LogP contribution is -1.76. The Hall–Kier alpha value is -1.46. The maximum atomic E-state index is 9.27. The predicted octanol–water partition coefficient (Wildman–Crippen LogP) is 2.50. The van der Waals surface area contributed by atoms with Gasteiger partial charge in [0.05, 0.1) is 0 Å². The lowest BCUT2D eigenvalue weighted by atomic mass is 10.1. The van der Waals surface area contributed by atoms with E-state index < -0.39 is 0 Å². The molecule has 0 aliphatic carbocycles. The quantitative estimate of drug-likeness (QED) is 0.603. The summed E-state index contributed by atoms with van der Waals surface area (Å²) >= 11 is 0. The second-order valence-electron chi connectivity index (χ2n) is 2.41. The highest BCUT2D eigenvalue weighted by atomic mass is 16.3. The minimum absolute atomic E-state index is 0.270. The maximum Gasteiger partial charge on any atom is 0.123 e. The van der Waals surface area contributed by atoms with Crippen LogP contribution in [0.25, 0.3) is 6.08 Å². The van der Waals surface area contributed by atoms with Gasteiger partial charge < -0.3 is 5.11 Å². The lowest BCUT2D eigenvalue weighted by Gasteiger charge is -1.98. The molecule has 0 aliphatic heterocycles. The summed E-state index contributed by atoms with van der Waals surface area (Å²) in [5.74, 6) is 0.270. The van der Waals surface area contributed by atoms with Crippen molar-refractivity contribution in [2.24, 2.45) is 0 Å². The Morgan fingerprint density at radius 2 is 2.27 bits per heavy atom. The zero-order valence-electron chi connectivity index (χ0n) is 6.46. The van der Waals surface area contributed by atoms with Crippen molar-refractivity contribution in [1.29, 1.82) is 0 Å². The molecule has 0 fully saturated rings. The third-order valence-corrected chi connectivity index (χ3v) is 1.44. The van der Waals surface area contributed by atoms with Crippen LogP contribution in [0.15, 0.2) is 30.5 Å². The van der Waals surface area contributed by atoms with Crippen LogP contribution < -0.4 is 0 Å². The fourth-order valence-electron chi connectivity index (χ4n) is 0.900. The molecule has 0 saturated heterocycles. The zero-order valence-corrected chi connectivity index (χ0v) is 6.46. The Bertz CT molecular complexity index is 307. The molecule has 1 rings (SSSR count). The molecule has 56 valence electrons. The molecule has 0 heterocycles. The van der Waals surface area contributed by atoms with Crippen molar-refractivity contribution >= 4 is 6.08 Å². The van der Waals surface area contributed by atoms with Crippen LogP contribution in [0.3, 0.4) is 0 Å². The molecule has 1 aromatic carbocycles. The number of aromatic hydroxyl groups is 1. The monoisotopic (exact) mass is 146 g/mol. The molecule has 1 nitrogen and oxygen atoms in total. The molecule has 11 heavy (non-hydrogen) atoms. The van der Waals surface area contributed by atoms with Gasteiger partial charge in [-0.3, -0.25) is 0 Å². The van der Waals surface area contributed by atoms with Gasteiger partial charge in [-0.05, 0) is 25.1 Å². The third kappa shape index (κ3) is 1.73. The highest BCUT2D eigenvalue weighted by Crippen LogP contribution is 2.18. The molecule has 0 saturated carbocycles. The van der Waals surface area contributed by atoms with Crippen LogP contribution in [-0.4, -0.2) is 5.11 Å². The van der Waals surface area contributed by atoms with Gasteiger partial charge in [-0.2, -0.15) is 0 Å². The lowest BCUT2D eigenvalue weighted by molar-refractivity contribution is 0.474. The molecule has 1 heteroatoms. The Morgan fingerprint density at radius 3 is 2.91 bits per heavy atom. The SMILES string of the molecule is C=C=Cc1cc(C)ccc1O. The van der Waals surface area contributed by atoms with Gasteiger partial charge in [-0.15, -0.1) is 5.73 Å². The van der Waals surface area contributed by atoms with Crippen LogP contribution in [0.4, 0.5) is 0 Å². The predicted molar refractivity (Wildman–Crippen MR) is 46.4 cm³/mol. The molecule has 0 bridgehead atoms. The van der Waals surface area contributed by atoms with Crippen LogP contribution in [0.5, 0.6) is 5.75 Å². The first-order valence-corrected chi connectivity index (χ1v) is 3.39. The average Bonchev–Trinajstić information content (AvgIpc) is 1.98. The van der Waals surface area contributed by atoms with E-state index in [1.54, 1.807) is 12.1 Å². The summed E-state index contributed by atoms with van der Waals surface area (Å²) in [4.78, 5) is 0. The number of hydrogen-bond acceptors (Lipinski definition) is 1. The smallest absolute Gasteiger partial charge is 0.123 e. The van der Waals surface area contributed by atoms with Crippen molar-refractivity contribution in [3.8, 4) is 5.75 Å². The van der Waals surface area contributed by atoms with Crippen molar-refractivity contribution in [2.45, 2.75) is 6.92 Å². The fourth-order valence-corrected chi connectivity index (χ4v) is 0.900. The highest BCUT2D eigenvalue weighted by Gasteiger charge is 1.94. The van der Waals surface area contributed by atoms with E-state index in [4.69, 9.17) is 0 Å². The summed E-state index contributed by atoms with van der Waals surface area (Å²) in [6, 6.07) is 5.40.